The van der Waals surface area contributed by atoms with Gasteiger partial charge in [0, 0.05) is 11.4 Å². The average Bonchev–Trinajstić information content (AvgIpc) is 2.21. The fourth-order valence-corrected chi connectivity index (χ4v) is 2.07. The molecular weight excluding hydrogens is 232 g/mol. The Labute approximate surface area is 106 Å². The smallest absolute Gasteiger partial charge is 0.0661 e. The molecule has 2 aromatic carbocycles. The van der Waals surface area contributed by atoms with Crippen molar-refractivity contribution in [2.24, 2.45) is 0 Å². The Hall–Kier alpha value is -1.67. The van der Waals surface area contributed by atoms with E-state index in [9.17, 15) is 0 Å². The first-order valence-electron chi connectivity index (χ1n) is 5.45. The summed E-state index contributed by atoms with van der Waals surface area (Å²) in [6.45, 7) is 4.14. The van der Waals surface area contributed by atoms with E-state index in [1.807, 2.05) is 12.1 Å². The summed E-state index contributed by atoms with van der Waals surface area (Å²) < 4.78 is 0. The Balaban J connectivity index is 2.31. The quantitative estimate of drug-likeness (QED) is 0.776. The lowest BCUT2D eigenvalue weighted by atomic mass is 10.1. The second-order valence-corrected chi connectivity index (χ2v) is 4.65. The number of benzene rings is 2. The average molecular weight is 247 g/mol. The zero-order chi connectivity index (χ0) is 12.4. The van der Waals surface area contributed by atoms with Crippen LogP contribution in [0.5, 0.6) is 0 Å². The molecule has 0 bridgehead atoms. The summed E-state index contributed by atoms with van der Waals surface area (Å²) in [4.78, 5) is 0. The summed E-state index contributed by atoms with van der Waals surface area (Å²) in [7, 11) is 0. The van der Waals surface area contributed by atoms with Crippen LogP contribution < -0.4 is 11.1 Å². The zero-order valence-corrected chi connectivity index (χ0v) is 10.7. The normalized spacial score (nSPS) is 10.3. The van der Waals surface area contributed by atoms with Crippen molar-refractivity contribution in [1.29, 1.82) is 0 Å². The second kappa shape index (κ2) is 4.68. The lowest BCUT2D eigenvalue weighted by Crippen LogP contribution is -1.94. The van der Waals surface area contributed by atoms with Crippen LogP contribution in [0.4, 0.5) is 17.1 Å². The predicted molar refractivity (Wildman–Crippen MR) is 75.1 cm³/mol. The van der Waals surface area contributed by atoms with Crippen LogP contribution in [-0.4, -0.2) is 0 Å². The van der Waals surface area contributed by atoms with Crippen molar-refractivity contribution in [1.82, 2.24) is 0 Å². The zero-order valence-electron chi connectivity index (χ0n) is 9.92. The SMILES string of the molecule is Cc1cc(C)cc(Nc2ccc(N)cc2Cl)c1. The van der Waals surface area contributed by atoms with Crippen molar-refractivity contribution in [3.8, 4) is 0 Å². The van der Waals surface area contributed by atoms with E-state index in [0.717, 1.165) is 11.4 Å². The molecule has 2 rings (SSSR count). The molecule has 0 saturated heterocycles. The van der Waals surface area contributed by atoms with Crippen LogP contribution in [0.2, 0.25) is 5.02 Å². The van der Waals surface area contributed by atoms with Gasteiger partial charge in [-0.25, -0.2) is 0 Å². The summed E-state index contributed by atoms with van der Waals surface area (Å²) in [5.74, 6) is 0. The molecular formula is C14H15ClN2. The highest BCUT2D eigenvalue weighted by molar-refractivity contribution is 6.33. The van der Waals surface area contributed by atoms with Crippen LogP contribution in [0.1, 0.15) is 11.1 Å². The van der Waals surface area contributed by atoms with Gasteiger partial charge < -0.3 is 11.1 Å². The number of anilines is 3. The lowest BCUT2D eigenvalue weighted by molar-refractivity contribution is 1.37. The maximum Gasteiger partial charge on any atom is 0.0661 e. The molecule has 3 heteroatoms. The van der Waals surface area contributed by atoms with Crippen molar-refractivity contribution in [3.05, 3.63) is 52.5 Å². The highest BCUT2D eigenvalue weighted by Crippen LogP contribution is 2.28. The largest absolute Gasteiger partial charge is 0.399 e. The van der Waals surface area contributed by atoms with Crippen molar-refractivity contribution >= 4 is 28.7 Å². The third kappa shape index (κ3) is 2.92. The molecule has 0 heterocycles. The second-order valence-electron chi connectivity index (χ2n) is 4.24. The maximum absolute atomic E-state index is 6.12. The van der Waals surface area contributed by atoms with Gasteiger partial charge in [-0.15, -0.1) is 0 Å². The van der Waals surface area contributed by atoms with Gasteiger partial charge in [-0.1, -0.05) is 17.7 Å². The predicted octanol–water partition coefficient (Wildman–Crippen LogP) is 4.28. The summed E-state index contributed by atoms with van der Waals surface area (Å²) in [6.07, 6.45) is 0. The molecule has 0 aliphatic rings. The van der Waals surface area contributed by atoms with Crippen LogP contribution in [0.3, 0.4) is 0 Å². The molecule has 2 aromatic rings. The number of hydrogen-bond acceptors (Lipinski definition) is 2. The molecule has 0 aromatic heterocycles. The van der Waals surface area contributed by atoms with Crippen LogP contribution in [0.25, 0.3) is 0 Å². The van der Waals surface area contributed by atoms with Crippen LogP contribution in [0.15, 0.2) is 36.4 Å². The summed E-state index contributed by atoms with van der Waals surface area (Å²) in [5, 5.41) is 3.92. The Morgan fingerprint density at radius 2 is 1.65 bits per heavy atom. The van der Waals surface area contributed by atoms with Gasteiger partial charge >= 0.3 is 0 Å². The highest BCUT2D eigenvalue weighted by atomic mass is 35.5. The molecule has 0 atom stereocenters. The first-order valence-corrected chi connectivity index (χ1v) is 5.83. The Morgan fingerprint density at radius 1 is 1.00 bits per heavy atom. The van der Waals surface area contributed by atoms with Crippen LogP contribution in [-0.2, 0) is 0 Å². The number of nitrogens with one attached hydrogen (secondary N) is 1. The van der Waals surface area contributed by atoms with Gasteiger partial charge in [-0.05, 0) is 55.3 Å². The van der Waals surface area contributed by atoms with E-state index >= 15 is 0 Å². The van der Waals surface area contributed by atoms with Gasteiger partial charge in [0.15, 0.2) is 0 Å². The molecule has 88 valence electrons. The van der Waals surface area contributed by atoms with E-state index < -0.39 is 0 Å². The van der Waals surface area contributed by atoms with Gasteiger partial charge in [0.25, 0.3) is 0 Å². The monoisotopic (exact) mass is 246 g/mol. The number of hydrogen-bond donors (Lipinski definition) is 2. The number of rotatable bonds is 2. The minimum Gasteiger partial charge on any atom is -0.399 e. The van der Waals surface area contributed by atoms with E-state index in [1.165, 1.54) is 11.1 Å². The van der Waals surface area contributed by atoms with Crippen molar-refractivity contribution in [2.75, 3.05) is 11.1 Å². The van der Waals surface area contributed by atoms with E-state index in [4.69, 9.17) is 17.3 Å². The summed E-state index contributed by atoms with van der Waals surface area (Å²) in [5.41, 5.74) is 10.7. The number of aryl methyl sites for hydroxylation is 2. The van der Waals surface area contributed by atoms with E-state index in [1.54, 1.807) is 6.07 Å². The fraction of sp³-hybridized carbons (Fsp3) is 0.143. The van der Waals surface area contributed by atoms with Crippen molar-refractivity contribution in [3.63, 3.8) is 0 Å². The van der Waals surface area contributed by atoms with E-state index in [0.29, 0.717) is 10.7 Å². The lowest BCUT2D eigenvalue weighted by Gasteiger charge is -2.10. The van der Waals surface area contributed by atoms with E-state index in [-0.39, 0.29) is 0 Å². The number of halogens is 1. The van der Waals surface area contributed by atoms with Gasteiger partial charge in [-0.3, -0.25) is 0 Å². The topological polar surface area (TPSA) is 38.0 Å². The molecule has 0 aliphatic carbocycles. The molecule has 17 heavy (non-hydrogen) atoms. The molecule has 0 aliphatic heterocycles. The fourth-order valence-electron chi connectivity index (χ4n) is 1.84. The molecule has 2 nitrogen and oxygen atoms in total. The Morgan fingerprint density at radius 3 is 2.24 bits per heavy atom. The van der Waals surface area contributed by atoms with Gasteiger partial charge in [0.1, 0.15) is 0 Å². The summed E-state index contributed by atoms with van der Waals surface area (Å²) in [6, 6.07) is 11.8. The minimum absolute atomic E-state index is 0.629. The minimum atomic E-state index is 0.629. The van der Waals surface area contributed by atoms with Crippen molar-refractivity contribution < 1.29 is 0 Å². The van der Waals surface area contributed by atoms with Crippen LogP contribution >= 0.6 is 11.6 Å². The first kappa shape index (κ1) is 11.8. The Bertz CT molecular complexity index is 530. The van der Waals surface area contributed by atoms with Gasteiger partial charge in [0.2, 0.25) is 0 Å². The molecule has 0 spiro atoms. The molecule has 3 N–H and O–H groups in total. The molecule has 0 radical (unpaired) electrons. The third-order valence-corrected chi connectivity index (χ3v) is 2.81. The van der Waals surface area contributed by atoms with Gasteiger partial charge in [0.05, 0.1) is 10.7 Å². The molecule has 0 fully saturated rings. The highest BCUT2D eigenvalue weighted by Gasteiger charge is 2.02. The third-order valence-electron chi connectivity index (χ3n) is 2.49. The van der Waals surface area contributed by atoms with E-state index in [2.05, 4.69) is 37.4 Å². The van der Waals surface area contributed by atoms with Crippen molar-refractivity contribution in [2.45, 2.75) is 13.8 Å². The number of nitrogen functional groups attached to an aromatic ring is 1. The molecule has 0 saturated carbocycles. The van der Waals surface area contributed by atoms with Crippen LogP contribution in [0, 0.1) is 13.8 Å². The standard InChI is InChI=1S/C14H15ClN2/c1-9-5-10(2)7-12(6-9)17-14-4-3-11(16)8-13(14)15/h3-8,17H,16H2,1-2H3. The molecule has 0 amide bonds. The maximum atomic E-state index is 6.12. The summed E-state index contributed by atoms with van der Waals surface area (Å²) >= 11 is 6.12. The van der Waals surface area contributed by atoms with Gasteiger partial charge in [-0.2, -0.15) is 0 Å². The Kier molecular flexibility index (Phi) is 3.25. The molecule has 0 unspecified atom stereocenters. The first-order chi connectivity index (χ1) is 8.04. The number of nitrogens with two attached hydrogens (primary N) is 1.